The van der Waals surface area contributed by atoms with Gasteiger partial charge in [-0.15, -0.1) is 0 Å². The minimum absolute atomic E-state index is 0.147. The number of benzene rings is 1. The van der Waals surface area contributed by atoms with E-state index in [-0.39, 0.29) is 23.9 Å². The van der Waals surface area contributed by atoms with Crippen molar-refractivity contribution >= 4 is 5.91 Å². The van der Waals surface area contributed by atoms with Crippen LogP contribution in [0.2, 0.25) is 0 Å². The zero-order chi connectivity index (χ0) is 18.7. The molecule has 2 N–H and O–H groups in total. The van der Waals surface area contributed by atoms with E-state index in [1.54, 1.807) is 24.3 Å². The maximum atomic E-state index is 13.0. The van der Waals surface area contributed by atoms with E-state index in [0.29, 0.717) is 11.1 Å². The van der Waals surface area contributed by atoms with Crippen LogP contribution < -0.4 is 5.56 Å². The van der Waals surface area contributed by atoms with Crippen LogP contribution in [0.25, 0.3) is 11.4 Å². The number of aromatic hydroxyl groups is 1. The highest BCUT2D eigenvalue weighted by Gasteiger charge is 2.22. The second-order valence-corrected chi connectivity index (χ2v) is 5.64. The quantitative estimate of drug-likeness (QED) is 0.746. The third-order valence-electron chi connectivity index (χ3n) is 3.73. The molecule has 0 aliphatic rings. The number of aromatic nitrogens is 3. The predicted octanol–water partition coefficient (Wildman–Crippen LogP) is 1.95. The van der Waals surface area contributed by atoms with E-state index < -0.39 is 17.2 Å². The molecule has 132 valence electrons. The van der Waals surface area contributed by atoms with Gasteiger partial charge >= 0.3 is 0 Å². The maximum absolute atomic E-state index is 13.0. The third-order valence-corrected chi connectivity index (χ3v) is 3.73. The summed E-state index contributed by atoms with van der Waals surface area (Å²) >= 11 is 0. The summed E-state index contributed by atoms with van der Waals surface area (Å²) in [6.45, 7) is 0.164. The van der Waals surface area contributed by atoms with Gasteiger partial charge in [0, 0.05) is 31.5 Å². The number of aromatic amines is 1. The first kappa shape index (κ1) is 17.3. The number of H-pyrrole nitrogens is 1. The number of rotatable bonds is 4. The van der Waals surface area contributed by atoms with Crippen LogP contribution in [0.5, 0.6) is 5.75 Å². The molecule has 7 nitrogen and oxygen atoms in total. The molecule has 0 saturated heterocycles. The van der Waals surface area contributed by atoms with Gasteiger partial charge in [-0.25, -0.2) is 9.37 Å². The second kappa shape index (κ2) is 7.14. The predicted molar refractivity (Wildman–Crippen MR) is 92.0 cm³/mol. The average molecular weight is 354 g/mol. The summed E-state index contributed by atoms with van der Waals surface area (Å²) in [7, 11) is 1.50. The van der Waals surface area contributed by atoms with Crippen LogP contribution in [0.1, 0.15) is 16.1 Å². The number of nitrogens with one attached hydrogen (secondary N) is 1. The van der Waals surface area contributed by atoms with Gasteiger partial charge in [0.15, 0.2) is 5.69 Å². The number of pyridine rings is 1. The number of halogens is 1. The van der Waals surface area contributed by atoms with E-state index in [0.717, 1.165) is 0 Å². The highest BCUT2D eigenvalue weighted by molar-refractivity contribution is 5.94. The zero-order valence-corrected chi connectivity index (χ0v) is 13.8. The number of carbonyl (C=O) groups is 1. The average Bonchev–Trinajstić information content (AvgIpc) is 2.65. The fourth-order valence-corrected chi connectivity index (χ4v) is 2.38. The van der Waals surface area contributed by atoms with Crippen LogP contribution >= 0.6 is 0 Å². The second-order valence-electron chi connectivity index (χ2n) is 5.64. The zero-order valence-electron chi connectivity index (χ0n) is 13.8. The van der Waals surface area contributed by atoms with Gasteiger partial charge in [-0.3, -0.25) is 14.6 Å². The normalized spacial score (nSPS) is 10.5. The maximum Gasteiger partial charge on any atom is 0.294 e. The lowest BCUT2D eigenvalue weighted by Crippen LogP contribution is -2.29. The Labute approximate surface area is 147 Å². The molecule has 0 radical (unpaired) electrons. The Bertz CT molecular complexity index is 988. The van der Waals surface area contributed by atoms with Crippen LogP contribution in [-0.2, 0) is 6.54 Å². The molecule has 0 aliphatic carbocycles. The van der Waals surface area contributed by atoms with E-state index in [1.807, 2.05) is 0 Å². The van der Waals surface area contributed by atoms with Gasteiger partial charge in [0.2, 0.25) is 5.75 Å². The van der Waals surface area contributed by atoms with Crippen LogP contribution in [0.4, 0.5) is 4.39 Å². The van der Waals surface area contributed by atoms with Crippen LogP contribution in [-0.4, -0.2) is 37.9 Å². The number of amides is 1. The molecule has 1 amide bonds. The largest absolute Gasteiger partial charge is 0.501 e. The Balaban J connectivity index is 1.92. The lowest BCUT2D eigenvalue weighted by Gasteiger charge is -2.17. The topological polar surface area (TPSA) is 99.2 Å². The molecular weight excluding hydrogens is 339 g/mol. The van der Waals surface area contributed by atoms with Crippen LogP contribution in [0.3, 0.4) is 0 Å². The van der Waals surface area contributed by atoms with Crippen molar-refractivity contribution in [1.29, 1.82) is 0 Å². The van der Waals surface area contributed by atoms with E-state index in [4.69, 9.17) is 0 Å². The molecule has 1 aromatic carbocycles. The van der Waals surface area contributed by atoms with Crippen molar-refractivity contribution in [3.63, 3.8) is 0 Å². The Hall–Kier alpha value is -3.55. The molecule has 3 rings (SSSR count). The Morgan fingerprint density at radius 1 is 1.19 bits per heavy atom. The fourth-order valence-electron chi connectivity index (χ4n) is 2.38. The van der Waals surface area contributed by atoms with Gasteiger partial charge < -0.3 is 15.0 Å². The van der Waals surface area contributed by atoms with Gasteiger partial charge in [-0.2, -0.15) is 0 Å². The van der Waals surface area contributed by atoms with E-state index in [9.17, 15) is 19.1 Å². The van der Waals surface area contributed by atoms with Crippen molar-refractivity contribution in [2.75, 3.05) is 7.05 Å². The number of hydrogen-bond donors (Lipinski definition) is 2. The van der Waals surface area contributed by atoms with E-state index in [1.165, 1.54) is 36.5 Å². The molecule has 2 aromatic heterocycles. The minimum atomic E-state index is -0.814. The summed E-state index contributed by atoms with van der Waals surface area (Å²) in [6, 6.07) is 8.91. The van der Waals surface area contributed by atoms with Gasteiger partial charge in [-0.1, -0.05) is 12.1 Å². The molecule has 2 heterocycles. The number of nitrogens with zero attached hydrogens (tertiary/aromatic N) is 3. The van der Waals surface area contributed by atoms with Crippen LogP contribution in [0, 0.1) is 5.82 Å². The summed E-state index contributed by atoms with van der Waals surface area (Å²) in [5, 5.41) is 9.98. The molecule has 0 spiro atoms. The van der Waals surface area contributed by atoms with Crippen molar-refractivity contribution in [2.24, 2.45) is 0 Å². The summed E-state index contributed by atoms with van der Waals surface area (Å²) in [4.78, 5) is 36.3. The molecule has 8 heteroatoms. The molecule has 0 saturated carbocycles. The van der Waals surface area contributed by atoms with Crippen molar-refractivity contribution in [2.45, 2.75) is 6.54 Å². The smallest absolute Gasteiger partial charge is 0.294 e. The molecule has 26 heavy (non-hydrogen) atoms. The molecule has 0 aliphatic heterocycles. The Morgan fingerprint density at radius 3 is 2.50 bits per heavy atom. The summed E-state index contributed by atoms with van der Waals surface area (Å²) in [5.41, 5.74) is 0.0730. The van der Waals surface area contributed by atoms with Gasteiger partial charge in [0.25, 0.3) is 11.5 Å². The molecular formula is C18H15FN4O3. The first-order chi connectivity index (χ1) is 12.5. The van der Waals surface area contributed by atoms with Crippen molar-refractivity contribution in [1.82, 2.24) is 19.9 Å². The molecule has 0 unspecified atom stereocenters. The molecule has 0 fully saturated rings. The van der Waals surface area contributed by atoms with Crippen molar-refractivity contribution < 1.29 is 14.3 Å². The third kappa shape index (κ3) is 3.59. The monoisotopic (exact) mass is 354 g/mol. The summed E-state index contributed by atoms with van der Waals surface area (Å²) in [5.74, 6) is -1.61. The van der Waals surface area contributed by atoms with Gasteiger partial charge in [0.05, 0.1) is 0 Å². The SMILES string of the molecule is CN(Cc1ccc(F)cc1)C(=O)c1nc(-c2ccncc2)[nH]c(=O)c1O. The highest BCUT2D eigenvalue weighted by Crippen LogP contribution is 2.18. The highest BCUT2D eigenvalue weighted by atomic mass is 19.1. The lowest BCUT2D eigenvalue weighted by atomic mass is 10.2. The number of hydrogen-bond acceptors (Lipinski definition) is 5. The minimum Gasteiger partial charge on any atom is -0.501 e. The Kier molecular flexibility index (Phi) is 4.74. The van der Waals surface area contributed by atoms with E-state index in [2.05, 4.69) is 15.0 Å². The molecule has 0 atom stereocenters. The summed E-state index contributed by atoms with van der Waals surface area (Å²) in [6.07, 6.45) is 3.04. The van der Waals surface area contributed by atoms with Crippen molar-refractivity contribution in [3.8, 4) is 17.1 Å². The van der Waals surface area contributed by atoms with Crippen molar-refractivity contribution in [3.05, 3.63) is 76.2 Å². The summed E-state index contributed by atoms with van der Waals surface area (Å²) < 4.78 is 13.0. The number of carbonyl (C=O) groups excluding carboxylic acids is 1. The van der Waals surface area contributed by atoms with Gasteiger partial charge in [0.1, 0.15) is 11.6 Å². The molecule has 3 aromatic rings. The Morgan fingerprint density at radius 2 is 1.85 bits per heavy atom. The molecule has 0 bridgehead atoms. The lowest BCUT2D eigenvalue weighted by molar-refractivity contribution is 0.0775. The van der Waals surface area contributed by atoms with E-state index >= 15 is 0 Å². The standard InChI is InChI=1S/C18H15FN4O3/c1-23(10-11-2-4-13(19)5-3-11)18(26)14-15(24)17(25)22-16(21-14)12-6-8-20-9-7-12/h2-9,24H,10H2,1H3,(H,21,22,25). The fraction of sp³-hybridized carbons (Fsp3) is 0.111. The van der Waals surface area contributed by atoms with Gasteiger partial charge in [-0.05, 0) is 29.8 Å². The first-order valence-electron chi connectivity index (χ1n) is 7.69. The first-order valence-corrected chi connectivity index (χ1v) is 7.69. The van der Waals surface area contributed by atoms with Crippen LogP contribution in [0.15, 0.2) is 53.6 Å².